The van der Waals surface area contributed by atoms with Gasteiger partial charge < -0.3 is 15.4 Å². The van der Waals surface area contributed by atoms with Gasteiger partial charge in [-0.2, -0.15) is 0 Å². The summed E-state index contributed by atoms with van der Waals surface area (Å²) >= 11 is 0. The molecule has 1 saturated carbocycles. The molecule has 27 heavy (non-hydrogen) atoms. The van der Waals surface area contributed by atoms with Gasteiger partial charge in [0, 0.05) is 36.6 Å². The Labute approximate surface area is 160 Å². The molecule has 0 aromatic heterocycles. The summed E-state index contributed by atoms with van der Waals surface area (Å²) in [5.74, 6) is 1.35. The molecule has 0 radical (unpaired) electrons. The van der Waals surface area contributed by atoms with Crippen LogP contribution >= 0.6 is 0 Å². The van der Waals surface area contributed by atoms with E-state index in [0.717, 1.165) is 29.8 Å². The molecule has 0 spiro atoms. The Morgan fingerprint density at radius 2 is 1.89 bits per heavy atom. The predicted molar refractivity (Wildman–Crippen MR) is 106 cm³/mol. The van der Waals surface area contributed by atoms with Crippen molar-refractivity contribution in [2.75, 3.05) is 19.0 Å². The maximum absolute atomic E-state index is 12.2. The summed E-state index contributed by atoms with van der Waals surface area (Å²) in [5.41, 5.74) is 2.92. The highest BCUT2D eigenvalue weighted by Gasteiger charge is 2.38. The molecule has 2 amide bonds. The van der Waals surface area contributed by atoms with Gasteiger partial charge >= 0.3 is 0 Å². The lowest BCUT2D eigenvalue weighted by Gasteiger charge is -2.12. The zero-order chi connectivity index (χ0) is 19.2. The van der Waals surface area contributed by atoms with E-state index >= 15 is 0 Å². The van der Waals surface area contributed by atoms with Crippen LogP contribution in [0.4, 0.5) is 5.69 Å². The minimum absolute atomic E-state index is 0.0601. The number of anilines is 1. The fraction of sp³-hybridized carbons (Fsp3) is 0.364. The molecule has 1 aliphatic carbocycles. The second-order valence-corrected chi connectivity index (χ2v) is 7.10. The number of hydrogen-bond donors (Lipinski definition) is 2. The number of ether oxygens (including phenoxy) is 1. The van der Waals surface area contributed by atoms with Crippen LogP contribution in [-0.2, 0) is 16.0 Å². The first-order valence-corrected chi connectivity index (χ1v) is 9.35. The number of methoxy groups -OCH3 is 1. The van der Waals surface area contributed by atoms with Crippen molar-refractivity contribution < 1.29 is 14.3 Å². The van der Waals surface area contributed by atoms with Crippen LogP contribution in [0.2, 0.25) is 0 Å². The van der Waals surface area contributed by atoms with Crippen LogP contribution in [0.5, 0.6) is 5.75 Å². The predicted octanol–water partition coefficient (Wildman–Crippen LogP) is 3.39. The van der Waals surface area contributed by atoms with Crippen molar-refractivity contribution in [3.8, 4) is 5.75 Å². The lowest BCUT2D eigenvalue weighted by molar-refractivity contribution is -0.122. The summed E-state index contributed by atoms with van der Waals surface area (Å²) < 4.78 is 5.45. The van der Waals surface area contributed by atoms with Gasteiger partial charge in [0.15, 0.2) is 0 Å². The Balaban J connectivity index is 1.55. The molecule has 0 saturated heterocycles. The van der Waals surface area contributed by atoms with Crippen LogP contribution in [0.3, 0.4) is 0 Å². The van der Waals surface area contributed by atoms with Crippen LogP contribution in [0.25, 0.3) is 0 Å². The van der Waals surface area contributed by atoms with E-state index in [-0.39, 0.29) is 24.2 Å². The van der Waals surface area contributed by atoms with Gasteiger partial charge in [-0.1, -0.05) is 37.3 Å². The van der Waals surface area contributed by atoms with Crippen molar-refractivity contribution in [3.63, 3.8) is 0 Å². The van der Waals surface area contributed by atoms with Crippen LogP contribution in [0.1, 0.15) is 30.9 Å². The Bertz CT molecular complexity index is 804. The van der Waals surface area contributed by atoms with Crippen LogP contribution < -0.4 is 15.4 Å². The van der Waals surface area contributed by atoms with E-state index in [9.17, 15) is 9.59 Å². The first-order valence-electron chi connectivity index (χ1n) is 9.35. The number of carbonyl (C=O) groups excluding carboxylic acids is 2. The number of carbonyl (C=O) groups is 2. The number of nitrogens with one attached hydrogen (secondary N) is 2. The molecule has 0 heterocycles. The van der Waals surface area contributed by atoms with Crippen molar-refractivity contribution in [3.05, 3.63) is 59.7 Å². The van der Waals surface area contributed by atoms with Crippen molar-refractivity contribution in [2.45, 2.75) is 26.2 Å². The number of hydrogen-bond acceptors (Lipinski definition) is 3. The average molecular weight is 366 g/mol. The van der Waals surface area contributed by atoms with Gasteiger partial charge in [0.05, 0.1) is 7.11 Å². The number of rotatable bonds is 8. The monoisotopic (exact) mass is 366 g/mol. The second-order valence-electron chi connectivity index (χ2n) is 7.10. The lowest BCUT2D eigenvalue weighted by atomic mass is 10.0. The molecule has 3 rings (SSSR count). The molecule has 2 atom stereocenters. The van der Waals surface area contributed by atoms with Crippen molar-refractivity contribution in [2.24, 2.45) is 11.8 Å². The molecule has 2 N–H and O–H groups in total. The highest BCUT2D eigenvalue weighted by molar-refractivity contribution is 5.91. The molecule has 5 heteroatoms. The van der Waals surface area contributed by atoms with E-state index in [1.807, 2.05) is 36.4 Å². The van der Waals surface area contributed by atoms with Gasteiger partial charge in [-0.05, 0) is 36.1 Å². The maximum atomic E-state index is 12.2. The molecule has 0 bridgehead atoms. The van der Waals surface area contributed by atoms with Crippen LogP contribution in [0.15, 0.2) is 48.5 Å². The summed E-state index contributed by atoms with van der Waals surface area (Å²) in [6, 6.07) is 15.8. The molecule has 5 nitrogen and oxygen atoms in total. The smallest absolute Gasteiger partial charge is 0.226 e. The summed E-state index contributed by atoms with van der Waals surface area (Å²) in [6.45, 7) is 2.43. The van der Waals surface area contributed by atoms with E-state index in [0.29, 0.717) is 12.5 Å². The second kappa shape index (κ2) is 8.71. The Hall–Kier alpha value is -2.82. The SMILES string of the molecule is COc1ccc(NC(=O)CCNC(=O)C2CC2C)cc1Cc1ccccc1. The minimum atomic E-state index is -0.116. The molecule has 1 aliphatic rings. The topological polar surface area (TPSA) is 67.4 Å². The fourth-order valence-electron chi connectivity index (χ4n) is 3.15. The third-order valence-corrected chi connectivity index (χ3v) is 4.90. The normalized spacial score (nSPS) is 17.9. The van der Waals surface area contributed by atoms with E-state index in [2.05, 4.69) is 29.7 Å². The van der Waals surface area contributed by atoms with Crippen LogP contribution in [0, 0.1) is 11.8 Å². The third-order valence-electron chi connectivity index (χ3n) is 4.90. The van der Waals surface area contributed by atoms with Gasteiger partial charge in [0.2, 0.25) is 11.8 Å². The summed E-state index contributed by atoms with van der Waals surface area (Å²) in [4.78, 5) is 24.0. The van der Waals surface area contributed by atoms with E-state index < -0.39 is 0 Å². The molecule has 142 valence electrons. The zero-order valence-corrected chi connectivity index (χ0v) is 15.8. The lowest BCUT2D eigenvalue weighted by Crippen LogP contribution is -2.29. The molecule has 2 unspecified atom stereocenters. The fourth-order valence-corrected chi connectivity index (χ4v) is 3.15. The molecular weight excluding hydrogens is 340 g/mol. The van der Waals surface area contributed by atoms with E-state index in [1.54, 1.807) is 7.11 Å². The van der Waals surface area contributed by atoms with Crippen molar-refractivity contribution >= 4 is 17.5 Å². The third kappa shape index (κ3) is 5.33. The first-order chi connectivity index (χ1) is 13.1. The average Bonchev–Trinajstić information content (AvgIpc) is 3.39. The van der Waals surface area contributed by atoms with Gasteiger partial charge in [0.1, 0.15) is 5.75 Å². The molecule has 2 aromatic carbocycles. The molecule has 2 aromatic rings. The summed E-state index contributed by atoms with van der Waals surface area (Å²) in [6.07, 6.45) is 1.93. The van der Waals surface area contributed by atoms with E-state index in [4.69, 9.17) is 4.74 Å². The van der Waals surface area contributed by atoms with Crippen LogP contribution in [-0.4, -0.2) is 25.5 Å². The molecule has 0 aliphatic heterocycles. The van der Waals surface area contributed by atoms with E-state index in [1.165, 1.54) is 5.56 Å². The van der Waals surface area contributed by atoms with Crippen molar-refractivity contribution in [1.82, 2.24) is 5.32 Å². The Morgan fingerprint density at radius 3 is 2.56 bits per heavy atom. The van der Waals surface area contributed by atoms with Gasteiger partial charge in [0.25, 0.3) is 0 Å². The Kier molecular flexibility index (Phi) is 6.12. The van der Waals surface area contributed by atoms with Crippen molar-refractivity contribution in [1.29, 1.82) is 0 Å². The first kappa shape index (κ1) is 19.0. The highest BCUT2D eigenvalue weighted by Crippen LogP contribution is 2.37. The standard InChI is InChI=1S/C22H26N2O3/c1-15-12-19(15)22(26)23-11-10-21(25)24-18-8-9-20(27-2)17(14-18)13-16-6-4-3-5-7-16/h3-9,14-15,19H,10-13H2,1-2H3,(H,23,26)(H,24,25). The minimum Gasteiger partial charge on any atom is -0.496 e. The molecule has 1 fully saturated rings. The highest BCUT2D eigenvalue weighted by atomic mass is 16.5. The Morgan fingerprint density at radius 1 is 1.15 bits per heavy atom. The largest absolute Gasteiger partial charge is 0.496 e. The summed E-state index contributed by atoms with van der Waals surface area (Å²) in [5, 5.41) is 5.74. The maximum Gasteiger partial charge on any atom is 0.226 e. The zero-order valence-electron chi connectivity index (χ0n) is 15.8. The van der Waals surface area contributed by atoms with Gasteiger partial charge in [-0.3, -0.25) is 9.59 Å². The number of benzene rings is 2. The summed E-state index contributed by atoms with van der Waals surface area (Å²) in [7, 11) is 1.64. The van der Waals surface area contributed by atoms with Gasteiger partial charge in [-0.25, -0.2) is 0 Å². The van der Waals surface area contributed by atoms with Gasteiger partial charge in [-0.15, -0.1) is 0 Å². The molecular formula is C22H26N2O3. The quantitative estimate of drug-likeness (QED) is 0.753. The number of amides is 2.